The van der Waals surface area contributed by atoms with Gasteiger partial charge >= 0.3 is 0 Å². The zero-order valence-corrected chi connectivity index (χ0v) is 5.71. The molecule has 0 saturated heterocycles. The minimum absolute atomic E-state index is 0.0466. The van der Waals surface area contributed by atoms with Gasteiger partial charge in [0.2, 0.25) is 0 Å². The van der Waals surface area contributed by atoms with Gasteiger partial charge in [-0.25, -0.2) is 4.39 Å². The van der Waals surface area contributed by atoms with Crippen LogP contribution in [0.2, 0.25) is 0 Å². The van der Waals surface area contributed by atoms with E-state index in [0.717, 1.165) is 0 Å². The van der Waals surface area contributed by atoms with E-state index in [-0.39, 0.29) is 12.2 Å². The average Bonchev–Trinajstić information content (AvgIpc) is 1.88. The van der Waals surface area contributed by atoms with Crippen LogP contribution in [0.15, 0.2) is 12.2 Å². The predicted octanol–water partition coefficient (Wildman–Crippen LogP) is 0.869. The monoisotopic (exact) mass is 144 g/mol. The minimum atomic E-state index is -1.16. The first-order chi connectivity index (χ1) is 4.74. The summed E-state index contributed by atoms with van der Waals surface area (Å²) in [5.74, 6) is -0.166. The molecule has 0 saturated carbocycles. The van der Waals surface area contributed by atoms with E-state index in [1.807, 2.05) is 0 Å². The van der Waals surface area contributed by atoms with Crippen molar-refractivity contribution in [1.29, 1.82) is 0 Å². The molecule has 56 valence electrons. The molecule has 1 aliphatic carbocycles. The third-order valence-electron chi connectivity index (χ3n) is 1.50. The van der Waals surface area contributed by atoms with Gasteiger partial charge in [0.15, 0.2) is 5.78 Å². The molecule has 0 fully saturated rings. The molecule has 3 heteroatoms. The van der Waals surface area contributed by atoms with Crippen LogP contribution in [0.5, 0.6) is 0 Å². The number of hydrogen-bond donors (Lipinski definition) is 0. The van der Waals surface area contributed by atoms with Gasteiger partial charge in [0, 0.05) is 13.5 Å². The molecule has 1 rings (SSSR count). The number of alkyl halides is 1. The third-order valence-corrected chi connectivity index (χ3v) is 1.50. The lowest BCUT2D eigenvalue weighted by Crippen LogP contribution is -2.28. The van der Waals surface area contributed by atoms with Gasteiger partial charge in [-0.15, -0.1) is 0 Å². The van der Waals surface area contributed by atoms with E-state index in [1.54, 1.807) is 0 Å². The SMILES string of the molecule is CO[C@@H]1C=CC(=O)C[C@@H]1F. The van der Waals surface area contributed by atoms with Crippen molar-refractivity contribution in [2.75, 3.05) is 7.11 Å². The normalized spacial score (nSPS) is 32.8. The highest BCUT2D eigenvalue weighted by molar-refractivity contribution is 5.91. The van der Waals surface area contributed by atoms with Crippen molar-refractivity contribution in [2.24, 2.45) is 0 Å². The Bertz CT molecular complexity index is 165. The fourth-order valence-electron chi connectivity index (χ4n) is 0.925. The summed E-state index contributed by atoms with van der Waals surface area (Å²) < 4.78 is 17.4. The lowest BCUT2D eigenvalue weighted by molar-refractivity contribution is -0.117. The zero-order valence-electron chi connectivity index (χ0n) is 5.71. The maximum atomic E-state index is 12.7. The smallest absolute Gasteiger partial charge is 0.158 e. The minimum Gasteiger partial charge on any atom is -0.374 e. The summed E-state index contributed by atoms with van der Waals surface area (Å²) in [7, 11) is 1.43. The van der Waals surface area contributed by atoms with Crippen LogP contribution >= 0.6 is 0 Å². The van der Waals surface area contributed by atoms with Gasteiger partial charge in [-0.2, -0.15) is 0 Å². The van der Waals surface area contributed by atoms with Crippen molar-refractivity contribution in [3.63, 3.8) is 0 Å². The summed E-state index contributed by atoms with van der Waals surface area (Å²) in [5, 5.41) is 0. The highest BCUT2D eigenvalue weighted by Crippen LogP contribution is 2.14. The topological polar surface area (TPSA) is 26.3 Å². The van der Waals surface area contributed by atoms with E-state index in [2.05, 4.69) is 0 Å². The second-order valence-electron chi connectivity index (χ2n) is 2.25. The number of methoxy groups -OCH3 is 1. The Morgan fingerprint density at radius 3 is 3.00 bits per heavy atom. The number of hydrogen-bond acceptors (Lipinski definition) is 2. The van der Waals surface area contributed by atoms with Crippen LogP contribution in [-0.4, -0.2) is 25.2 Å². The second kappa shape index (κ2) is 2.92. The van der Waals surface area contributed by atoms with Crippen LogP contribution in [0, 0.1) is 0 Å². The molecule has 0 aliphatic heterocycles. The number of allylic oxidation sites excluding steroid dienone is 1. The molecule has 0 unspecified atom stereocenters. The molecule has 0 bridgehead atoms. The summed E-state index contributed by atoms with van der Waals surface area (Å²) in [4.78, 5) is 10.6. The van der Waals surface area contributed by atoms with Gasteiger partial charge in [0.1, 0.15) is 12.3 Å². The van der Waals surface area contributed by atoms with E-state index < -0.39 is 12.3 Å². The number of ketones is 1. The van der Waals surface area contributed by atoms with Crippen LogP contribution in [0.4, 0.5) is 4.39 Å². The van der Waals surface area contributed by atoms with E-state index in [1.165, 1.54) is 19.3 Å². The molecule has 0 N–H and O–H groups in total. The molecule has 2 nitrogen and oxygen atoms in total. The summed E-state index contributed by atoms with van der Waals surface area (Å²) in [6.07, 6.45) is 1.08. The standard InChI is InChI=1S/C7H9FO2/c1-10-7-3-2-5(9)4-6(7)8/h2-3,6-7H,4H2,1H3/t6-,7+/m0/s1. The Balaban J connectivity index is 2.62. The molecule has 0 spiro atoms. The Morgan fingerprint density at radius 2 is 2.50 bits per heavy atom. The first kappa shape index (κ1) is 7.41. The Labute approximate surface area is 58.7 Å². The lowest BCUT2D eigenvalue weighted by atomic mass is 10.0. The number of ether oxygens (including phenoxy) is 1. The third kappa shape index (κ3) is 1.42. The van der Waals surface area contributed by atoms with E-state index in [0.29, 0.717) is 0 Å². The van der Waals surface area contributed by atoms with Gasteiger partial charge < -0.3 is 4.74 Å². The Hall–Kier alpha value is -0.700. The first-order valence-electron chi connectivity index (χ1n) is 3.12. The summed E-state index contributed by atoms with van der Waals surface area (Å²) in [5.41, 5.74) is 0. The predicted molar refractivity (Wildman–Crippen MR) is 34.5 cm³/mol. The number of halogens is 1. The van der Waals surface area contributed by atoms with E-state index in [4.69, 9.17) is 4.74 Å². The van der Waals surface area contributed by atoms with Crippen molar-refractivity contribution in [2.45, 2.75) is 18.7 Å². The van der Waals surface area contributed by atoms with Crippen LogP contribution in [-0.2, 0) is 9.53 Å². The second-order valence-corrected chi connectivity index (χ2v) is 2.25. The Morgan fingerprint density at radius 1 is 1.80 bits per heavy atom. The molecule has 10 heavy (non-hydrogen) atoms. The molecule has 0 radical (unpaired) electrons. The number of carbonyl (C=O) groups is 1. The van der Waals surface area contributed by atoms with Crippen molar-refractivity contribution in [3.05, 3.63) is 12.2 Å². The molecular weight excluding hydrogens is 135 g/mol. The lowest BCUT2D eigenvalue weighted by Gasteiger charge is -2.18. The van der Waals surface area contributed by atoms with Crippen LogP contribution in [0.3, 0.4) is 0 Å². The Kier molecular flexibility index (Phi) is 2.17. The van der Waals surface area contributed by atoms with Crippen molar-refractivity contribution in [1.82, 2.24) is 0 Å². The molecular formula is C7H9FO2. The number of rotatable bonds is 1. The maximum Gasteiger partial charge on any atom is 0.158 e. The van der Waals surface area contributed by atoms with Crippen molar-refractivity contribution >= 4 is 5.78 Å². The van der Waals surface area contributed by atoms with Crippen molar-refractivity contribution in [3.8, 4) is 0 Å². The fourth-order valence-corrected chi connectivity index (χ4v) is 0.925. The molecule has 0 aromatic carbocycles. The molecule has 1 aliphatic rings. The molecule has 0 heterocycles. The average molecular weight is 144 g/mol. The molecule has 2 atom stereocenters. The summed E-state index contributed by atoms with van der Waals surface area (Å²) in [6.45, 7) is 0. The first-order valence-corrected chi connectivity index (χ1v) is 3.12. The zero-order chi connectivity index (χ0) is 7.56. The molecule has 0 aromatic rings. The van der Waals surface area contributed by atoms with Crippen molar-refractivity contribution < 1.29 is 13.9 Å². The van der Waals surface area contributed by atoms with Gasteiger partial charge in [-0.3, -0.25) is 4.79 Å². The number of carbonyl (C=O) groups excluding carboxylic acids is 1. The van der Waals surface area contributed by atoms with E-state index >= 15 is 0 Å². The molecule has 0 aromatic heterocycles. The largest absolute Gasteiger partial charge is 0.374 e. The van der Waals surface area contributed by atoms with Gasteiger partial charge in [-0.05, 0) is 12.2 Å². The van der Waals surface area contributed by atoms with Crippen LogP contribution in [0.25, 0.3) is 0 Å². The van der Waals surface area contributed by atoms with Gasteiger partial charge in [0.25, 0.3) is 0 Å². The van der Waals surface area contributed by atoms with Gasteiger partial charge in [0.05, 0.1) is 0 Å². The fraction of sp³-hybridized carbons (Fsp3) is 0.571. The van der Waals surface area contributed by atoms with Gasteiger partial charge in [-0.1, -0.05) is 0 Å². The highest BCUT2D eigenvalue weighted by atomic mass is 19.1. The molecule has 0 amide bonds. The quantitative estimate of drug-likeness (QED) is 0.545. The summed E-state index contributed by atoms with van der Waals surface area (Å²) in [6, 6.07) is 0. The van der Waals surface area contributed by atoms with Crippen LogP contribution in [0.1, 0.15) is 6.42 Å². The van der Waals surface area contributed by atoms with Crippen LogP contribution < -0.4 is 0 Å². The summed E-state index contributed by atoms with van der Waals surface area (Å²) >= 11 is 0. The van der Waals surface area contributed by atoms with E-state index in [9.17, 15) is 9.18 Å². The maximum absolute atomic E-state index is 12.7. The highest BCUT2D eigenvalue weighted by Gasteiger charge is 2.24.